The van der Waals surface area contributed by atoms with E-state index < -0.39 is 76.4 Å². The lowest BCUT2D eigenvalue weighted by Crippen LogP contribution is -2.56. The number of thioether (sulfide) groups is 1. The summed E-state index contributed by atoms with van der Waals surface area (Å²) in [6.45, 7) is 23.9. The van der Waals surface area contributed by atoms with Crippen LogP contribution in [0.5, 0.6) is 0 Å². The highest BCUT2D eigenvalue weighted by Crippen LogP contribution is 2.44. The van der Waals surface area contributed by atoms with Crippen LogP contribution >= 0.6 is 34.7 Å². The molecule has 0 unspecified atom stereocenters. The predicted octanol–water partition coefficient (Wildman–Crippen LogP) is 13.7. The van der Waals surface area contributed by atoms with Gasteiger partial charge in [-0.3, -0.25) is 19.3 Å². The SMILES string of the molecule is Cc1ncsc1-c1ccc([C@H](C)NC(=O)[C@@H]2C[C@@H](O)CN2C(=O)[C@@H](NCCCCCCCCN2CCN(CC[C@H](CSc3ccccc3)Nc3ccc(S(=O)(=O)NC(=O)c4ccc(N5CCN(CC6=C(c7ccc(Cl)cc7)CCC(C)(C)C6)CC5)cc4)cc3S(=O)(=O)C(F)(F)F)CC2)C(C)(C)C)cc1. The Morgan fingerprint density at radius 1 is 0.779 bits per heavy atom. The van der Waals surface area contributed by atoms with Crippen molar-refractivity contribution in [1.29, 1.82) is 0 Å². The summed E-state index contributed by atoms with van der Waals surface area (Å²) in [5.41, 5.74) is 3.20. The Morgan fingerprint density at radius 2 is 1.41 bits per heavy atom. The number of hydrogen-bond acceptors (Lipinski definition) is 17. The monoisotopic (exact) mass is 1530 g/mol. The number of unbranched alkanes of at least 4 members (excludes halogenated alkanes) is 5. The van der Waals surface area contributed by atoms with E-state index in [4.69, 9.17) is 11.6 Å². The number of anilines is 2. The Balaban J connectivity index is 0.666. The number of benzene rings is 5. The van der Waals surface area contributed by atoms with E-state index in [1.165, 1.54) is 40.6 Å². The van der Waals surface area contributed by atoms with Gasteiger partial charge in [-0.25, -0.2) is 26.5 Å². The number of sulfone groups is 1. The van der Waals surface area contributed by atoms with Gasteiger partial charge >= 0.3 is 5.51 Å². The fourth-order valence-corrected chi connectivity index (χ4v) is 18.4. The zero-order valence-electron chi connectivity index (χ0n) is 60.8. The summed E-state index contributed by atoms with van der Waals surface area (Å²) in [5, 5.41) is 21.2. The van der Waals surface area contributed by atoms with E-state index in [1.54, 1.807) is 28.4 Å². The number of rotatable bonds is 31. The number of halogens is 4. The lowest BCUT2D eigenvalue weighted by atomic mass is 9.73. The fraction of sp³-hybridized carbons (Fsp3) is 0.513. The van der Waals surface area contributed by atoms with Gasteiger partial charge in [0, 0.05) is 111 Å². The molecule has 0 radical (unpaired) electrons. The van der Waals surface area contributed by atoms with Gasteiger partial charge in [-0.2, -0.15) is 13.2 Å². The first-order valence-electron chi connectivity index (χ1n) is 36.4. The van der Waals surface area contributed by atoms with Gasteiger partial charge < -0.3 is 40.7 Å². The summed E-state index contributed by atoms with van der Waals surface area (Å²) in [6.07, 6.45) is 8.99. The van der Waals surface area contributed by atoms with E-state index in [9.17, 15) is 49.5 Å². The molecule has 3 saturated heterocycles. The van der Waals surface area contributed by atoms with Crippen LogP contribution in [0.15, 0.2) is 147 Å². The Morgan fingerprint density at radius 3 is 2.06 bits per heavy atom. The number of piperazine rings is 2. The lowest BCUT2D eigenvalue weighted by Gasteiger charge is -2.39. The minimum absolute atomic E-state index is 0.0138. The van der Waals surface area contributed by atoms with E-state index in [0.717, 1.165) is 168 Å². The maximum atomic E-state index is 14.6. The molecule has 4 heterocycles. The number of nitrogens with one attached hydrogen (secondary N) is 4. The number of β-amino-alcohol motifs (C(OH)–C–C–N with tert-alkyl or cyclic N) is 1. The molecule has 6 aromatic rings. The Kier molecular flexibility index (Phi) is 27.4. The molecule has 26 heteroatoms. The van der Waals surface area contributed by atoms with Crippen molar-refractivity contribution in [1.82, 2.24) is 39.9 Å². The van der Waals surface area contributed by atoms with Crippen molar-refractivity contribution < 1.29 is 49.5 Å². The Bertz CT molecular complexity index is 4130. The van der Waals surface area contributed by atoms with Crippen LogP contribution in [0, 0.1) is 17.8 Å². The fourth-order valence-electron chi connectivity index (χ4n) is 14.4. The molecule has 10 rings (SSSR count). The summed E-state index contributed by atoms with van der Waals surface area (Å²) in [4.78, 5) is 56.9. The molecule has 0 saturated carbocycles. The summed E-state index contributed by atoms with van der Waals surface area (Å²) in [5.74, 6) is -1.17. The number of hydrogen-bond donors (Lipinski definition) is 5. The third kappa shape index (κ3) is 21.5. The topological polar surface area (TPSA) is 217 Å². The zero-order valence-corrected chi connectivity index (χ0v) is 64.8. The Hall–Kier alpha value is -6.39. The second kappa shape index (κ2) is 35.6. The van der Waals surface area contributed by atoms with Crippen LogP contribution in [0.25, 0.3) is 16.0 Å². The highest BCUT2D eigenvalue weighted by atomic mass is 35.5. The number of alkyl halides is 3. The van der Waals surface area contributed by atoms with Gasteiger partial charge in [-0.15, -0.1) is 23.1 Å². The molecule has 18 nitrogen and oxygen atoms in total. The summed E-state index contributed by atoms with van der Waals surface area (Å²) in [6, 6.07) is 32.3. The summed E-state index contributed by atoms with van der Waals surface area (Å²) >= 11 is 9.27. The Labute approximate surface area is 626 Å². The third-order valence-corrected chi connectivity index (χ3v) is 25.8. The lowest BCUT2D eigenvalue weighted by molar-refractivity contribution is -0.142. The summed E-state index contributed by atoms with van der Waals surface area (Å²) < 4.78 is 100. The van der Waals surface area contributed by atoms with E-state index in [0.29, 0.717) is 36.4 Å². The van der Waals surface area contributed by atoms with Gasteiger partial charge in [0.2, 0.25) is 11.8 Å². The van der Waals surface area contributed by atoms with E-state index in [-0.39, 0.29) is 41.8 Å². The van der Waals surface area contributed by atoms with Crippen molar-refractivity contribution in [2.45, 2.75) is 170 Å². The van der Waals surface area contributed by atoms with Crippen LogP contribution < -0.4 is 25.6 Å². The molecular formula is C78H102ClF3N10O8S4. The van der Waals surface area contributed by atoms with Crippen LogP contribution in [0.1, 0.15) is 145 Å². The molecule has 0 spiro atoms. The molecule has 564 valence electrons. The number of likely N-dealkylation sites (tertiary alicyclic amines) is 1. The third-order valence-electron chi connectivity index (χ3n) is 20.5. The molecule has 5 aromatic carbocycles. The van der Waals surface area contributed by atoms with Crippen LogP contribution in [-0.2, 0) is 29.4 Å². The number of amides is 3. The molecule has 3 fully saturated rings. The molecule has 3 aliphatic heterocycles. The van der Waals surface area contributed by atoms with Crippen molar-refractivity contribution in [2.75, 3.05) is 101 Å². The first-order chi connectivity index (χ1) is 49.4. The number of aryl methyl sites for hydroxylation is 1. The molecule has 1 aliphatic carbocycles. The molecule has 0 bridgehead atoms. The zero-order chi connectivity index (χ0) is 74.6. The van der Waals surface area contributed by atoms with Gasteiger partial charge in [-0.05, 0) is 165 Å². The normalized spacial score (nSPS) is 19.0. The number of sulfonamides is 1. The van der Waals surface area contributed by atoms with Crippen molar-refractivity contribution in [3.8, 4) is 10.4 Å². The van der Waals surface area contributed by atoms with Gasteiger partial charge in [0.05, 0.1) is 44.9 Å². The second-order valence-electron chi connectivity index (χ2n) is 30.1. The van der Waals surface area contributed by atoms with Gasteiger partial charge in [0.15, 0.2) is 0 Å². The number of allylic oxidation sites excluding steroid dienone is 1. The smallest absolute Gasteiger partial charge is 0.391 e. The van der Waals surface area contributed by atoms with Gasteiger partial charge in [0.25, 0.3) is 25.8 Å². The number of nitrogens with zero attached hydrogens (tertiary/aromatic N) is 6. The standard InChI is InChI=1S/C78H102ClF3N10O8S4/c1-54(56-19-21-58(22-20-56)71-55(2)84-53-102-71)85-74(95)69-47-64(93)51-92(69)75(96)72(76(3,4)5)83-36-15-10-8-9-11-16-37-88-39-41-89(42-40-88)38-34-62(52-101-65-17-13-12-14-18-65)86-68-32-31-66(48-70(68)103(97,98)78(80,81)82)104(99,100)87-73(94)59-25-29-63(30-26-59)91-45-43-90(44-46-91)50-60-49-77(6,7)35-33-67(60)57-23-27-61(79)28-24-57/h12-14,17-32,48,53-54,62,64,69,72,83,86,93H,8-11,15-16,33-47,49-52H2,1-7H3,(H,85,95)(H,87,94)/t54-,62+,64+,69-,72+/m0/s1. The molecule has 5 atom stereocenters. The number of aliphatic hydroxyl groups is 1. The highest BCUT2D eigenvalue weighted by molar-refractivity contribution is 7.99. The van der Waals surface area contributed by atoms with E-state index in [2.05, 4.69) is 66.5 Å². The van der Waals surface area contributed by atoms with Gasteiger partial charge in [0.1, 0.15) is 10.9 Å². The van der Waals surface area contributed by atoms with Crippen LogP contribution in [0.4, 0.5) is 24.5 Å². The van der Waals surface area contributed by atoms with Gasteiger partial charge in [-0.1, -0.05) is 132 Å². The number of aliphatic hydroxyl groups excluding tert-OH is 1. The van der Waals surface area contributed by atoms with E-state index >= 15 is 0 Å². The molecule has 5 N–H and O–H groups in total. The highest BCUT2D eigenvalue weighted by Gasteiger charge is 2.49. The minimum Gasteiger partial charge on any atom is -0.391 e. The van der Waals surface area contributed by atoms with Crippen LogP contribution in [0.2, 0.25) is 5.02 Å². The van der Waals surface area contributed by atoms with Crippen molar-refractivity contribution in [2.24, 2.45) is 10.8 Å². The molecule has 3 amide bonds. The van der Waals surface area contributed by atoms with Crippen LogP contribution in [0.3, 0.4) is 0 Å². The molecule has 104 heavy (non-hydrogen) atoms. The average molecular weight is 1530 g/mol. The minimum atomic E-state index is -6.13. The van der Waals surface area contributed by atoms with Crippen molar-refractivity contribution in [3.05, 3.63) is 160 Å². The number of carbonyl (C=O) groups excluding carboxylic acids is 3. The summed E-state index contributed by atoms with van der Waals surface area (Å²) in [7, 11) is -11.0. The molecular weight excluding hydrogens is 1430 g/mol. The number of thiazole rings is 1. The number of carbonyl (C=O) groups is 3. The maximum Gasteiger partial charge on any atom is 0.501 e. The van der Waals surface area contributed by atoms with Crippen molar-refractivity contribution in [3.63, 3.8) is 0 Å². The maximum absolute atomic E-state index is 14.6. The molecule has 1 aromatic heterocycles. The predicted molar refractivity (Wildman–Crippen MR) is 411 cm³/mol. The quantitative estimate of drug-likeness (QED) is 0.0202. The van der Waals surface area contributed by atoms with E-state index in [1.807, 2.05) is 112 Å². The first-order valence-corrected chi connectivity index (χ1v) is 41.6. The molecule has 4 aliphatic rings. The largest absolute Gasteiger partial charge is 0.501 e. The first kappa shape index (κ1) is 80.2. The van der Waals surface area contributed by atoms with Crippen LogP contribution in [-0.4, -0.2) is 185 Å². The average Bonchev–Trinajstić information content (AvgIpc) is 0.949. The van der Waals surface area contributed by atoms with Crippen molar-refractivity contribution >= 4 is 89.2 Å². The number of aromatic nitrogens is 1. The second-order valence-corrected chi connectivity index (χ2v) is 36.1.